The van der Waals surface area contributed by atoms with Crippen LogP contribution in [0, 0.1) is 22.5 Å². The van der Waals surface area contributed by atoms with E-state index in [0.29, 0.717) is 11.3 Å². The standard InChI is InChI=1S/C12H16N2O4/c1-8-4-5-9(6-10(8)14(17)18)13-7-12(2,3)11(15)16/h4-6,13H,7H2,1-3H3,(H,15,16). The topological polar surface area (TPSA) is 92.5 Å². The van der Waals surface area contributed by atoms with Gasteiger partial charge in [0.15, 0.2) is 0 Å². The molecule has 6 nitrogen and oxygen atoms in total. The van der Waals surface area contributed by atoms with Gasteiger partial charge < -0.3 is 10.4 Å². The lowest BCUT2D eigenvalue weighted by Crippen LogP contribution is -2.31. The molecule has 0 aliphatic rings. The third kappa shape index (κ3) is 3.19. The van der Waals surface area contributed by atoms with Crippen LogP contribution in [0.15, 0.2) is 18.2 Å². The monoisotopic (exact) mass is 252 g/mol. The van der Waals surface area contributed by atoms with Crippen LogP contribution in [0.3, 0.4) is 0 Å². The number of nitrogens with one attached hydrogen (secondary N) is 1. The summed E-state index contributed by atoms with van der Waals surface area (Å²) in [4.78, 5) is 21.2. The summed E-state index contributed by atoms with van der Waals surface area (Å²) in [7, 11) is 0. The predicted molar refractivity (Wildman–Crippen MR) is 67.7 cm³/mol. The Morgan fingerprint density at radius 1 is 1.50 bits per heavy atom. The van der Waals surface area contributed by atoms with Crippen LogP contribution in [0.25, 0.3) is 0 Å². The van der Waals surface area contributed by atoms with Crippen LogP contribution in [0.4, 0.5) is 11.4 Å². The Morgan fingerprint density at radius 2 is 2.11 bits per heavy atom. The van der Waals surface area contributed by atoms with Gasteiger partial charge in [0.25, 0.3) is 5.69 Å². The fourth-order valence-corrected chi connectivity index (χ4v) is 1.31. The van der Waals surface area contributed by atoms with Gasteiger partial charge in [0.05, 0.1) is 10.3 Å². The van der Waals surface area contributed by atoms with Gasteiger partial charge in [-0.1, -0.05) is 6.07 Å². The highest BCUT2D eigenvalue weighted by atomic mass is 16.6. The van der Waals surface area contributed by atoms with E-state index in [1.54, 1.807) is 32.9 Å². The number of aryl methyl sites for hydroxylation is 1. The fourth-order valence-electron chi connectivity index (χ4n) is 1.31. The average molecular weight is 252 g/mol. The van der Waals surface area contributed by atoms with E-state index < -0.39 is 16.3 Å². The summed E-state index contributed by atoms with van der Waals surface area (Å²) < 4.78 is 0. The molecule has 0 bridgehead atoms. The summed E-state index contributed by atoms with van der Waals surface area (Å²) >= 11 is 0. The van der Waals surface area contributed by atoms with Crippen LogP contribution in [-0.2, 0) is 4.79 Å². The van der Waals surface area contributed by atoms with Gasteiger partial charge in [-0.3, -0.25) is 14.9 Å². The molecule has 2 N–H and O–H groups in total. The van der Waals surface area contributed by atoms with Gasteiger partial charge in [0, 0.05) is 23.9 Å². The smallest absolute Gasteiger partial charge is 0.310 e. The van der Waals surface area contributed by atoms with E-state index in [1.807, 2.05) is 0 Å². The first kappa shape index (κ1) is 14.0. The van der Waals surface area contributed by atoms with Crippen molar-refractivity contribution >= 4 is 17.3 Å². The van der Waals surface area contributed by atoms with E-state index in [-0.39, 0.29) is 12.2 Å². The van der Waals surface area contributed by atoms with E-state index in [9.17, 15) is 14.9 Å². The van der Waals surface area contributed by atoms with Crippen LogP contribution in [0.1, 0.15) is 19.4 Å². The second-order valence-corrected chi connectivity index (χ2v) is 4.80. The number of carboxylic acids is 1. The number of benzene rings is 1. The van der Waals surface area contributed by atoms with Crippen molar-refractivity contribution in [1.82, 2.24) is 0 Å². The molecule has 0 radical (unpaired) electrons. The lowest BCUT2D eigenvalue weighted by molar-refractivity contribution is -0.385. The van der Waals surface area contributed by atoms with Gasteiger partial charge in [0.1, 0.15) is 0 Å². The van der Waals surface area contributed by atoms with E-state index in [4.69, 9.17) is 5.11 Å². The average Bonchev–Trinajstić information content (AvgIpc) is 2.27. The van der Waals surface area contributed by atoms with E-state index >= 15 is 0 Å². The molecule has 0 heterocycles. The molecule has 0 saturated heterocycles. The predicted octanol–water partition coefficient (Wildman–Crippen LogP) is 2.43. The summed E-state index contributed by atoms with van der Waals surface area (Å²) in [5.74, 6) is -0.920. The molecule has 0 aliphatic heterocycles. The molecule has 0 saturated carbocycles. The molecule has 0 atom stereocenters. The number of anilines is 1. The normalized spacial score (nSPS) is 11.1. The van der Waals surface area contributed by atoms with Crippen molar-refractivity contribution in [3.8, 4) is 0 Å². The first-order valence-electron chi connectivity index (χ1n) is 5.46. The van der Waals surface area contributed by atoms with Gasteiger partial charge in [-0.2, -0.15) is 0 Å². The van der Waals surface area contributed by atoms with Crippen molar-refractivity contribution in [2.45, 2.75) is 20.8 Å². The van der Waals surface area contributed by atoms with E-state index in [1.165, 1.54) is 6.07 Å². The number of carbonyl (C=O) groups is 1. The highest BCUT2D eigenvalue weighted by molar-refractivity contribution is 5.74. The maximum Gasteiger partial charge on any atom is 0.310 e. The van der Waals surface area contributed by atoms with Crippen LogP contribution in [0.2, 0.25) is 0 Å². The summed E-state index contributed by atoms with van der Waals surface area (Å²) in [6.45, 7) is 5.03. The minimum absolute atomic E-state index is 0.0214. The summed E-state index contributed by atoms with van der Waals surface area (Å²) in [5.41, 5.74) is 0.206. The number of hydrogen-bond donors (Lipinski definition) is 2. The summed E-state index contributed by atoms with van der Waals surface area (Å²) in [5, 5.41) is 22.6. The molecule has 6 heteroatoms. The minimum atomic E-state index is -0.931. The Labute approximate surface area is 105 Å². The maximum atomic E-state index is 10.9. The van der Waals surface area contributed by atoms with Crippen molar-refractivity contribution < 1.29 is 14.8 Å². The minimum Gasteiger partial charge on any atom is -0.481 e. The summed E-state index contributed by atoms with van der Waals surface area (Å²) in [6, 6.07) is 4.74. The Balaban J connectivity index is 2.84. The van der Waals surface area contributed by atoms with E-state index in [0.717, 1.165) is 0 Å². The lowest BCUT2D eigenvalue weighted by atomic mass is 9.94. The van der Waals surface area contributed by atoms with Gasteiger partial charge in [-0.05, 0) is 26.8 Å². The largest absolute Gasteiger partial charge is 0.481 e. The second-order valence-electron chi connectivity index (χ2n) is 4.80. The van der Waals surface area contributed by atoms with Crippen molar-refractivity contribution in [3.63, 3.8) is 0 Å². The van der Waals surface area contributed by atoms with Crippen molar-refractivity contribution in [2.24, 2.45) is 5.41 Å². The van der Waals surface area contributed by atoms with Crippen molar-refractivity contribution in [2.75, 3.05) is 11.9 Å². The highest BCUT2D eigenvalue weighted by Crippen LogP contribution is 2.23. The molecule has 0 fully saturated rings. The number of rotatable bonds is 5. The van der Waals surface area contributed by atoms with Crippen LogP contribution in [0.5, 0.6) is 0 Å². The first-order chi connectivity index (χ1) is 8.24. The quantitative estimate of drug-likeness (QED) is 0.620. The Bertz CT molecular complexity index is 483. The van der Waals surface area contributed by atoms with Crippen molar-refractivity contribution in [3.05, 3.63) is 33.9 Å². The zero-order valence-electron chi connectivity index (χ0n) is 10.6. The first-order valence-corrected chi connectivity index (χ1v) is 5.46. The molecule has 18 heavy (non-hydrogen) atoms. The highest BCUT2D eigenvalue weighted by Gasteiger charge is 2.26. The lowest BCUT2D eigenvalue weighted by Gasteiger charge is -2.20. The Morgan fingerprint density at radius 3 is 2.61 bits per heavy atom. The Kier molecular flexibility index (Phi) is 3.90. The molecule has 0 aromatic heterocycles. The molecule has 98 valence electrons. The van der Waals surface area contributed by atoms with Gasteiger partial charge >= 0.3 is 5.97 Å². The third-order valence-electron chi connectivity index (χ3n) is 2.72. The van der Waals surface area contributed by atoms with E-state index in [2.05, 4.69) is 5.32 Å². The molecule has 0 unspecified atom stereocenters. The summed E-state index contributed by atoms with van der Waals surface area (Å²) in [6.07, 6.45) is 0. The third-order valence-corrected chi connectivity index (χ3v) is 2.72. The number of carboxylic acid groups (broad SMARTS) is 1. The molecule has 1 aromatic rings. The van der Waals surface area contributed by atoms with Crippen LogP contribution >= 0.6 is 0 Å². The molecular weight excluding hydrogens is 236 g/mol. The maximum absolute atomic E-state index is 10.9. The van der Waals surface area contributed by atoms with Crippen LogP contribution < -0.4 is 5.32 Å². The van der Waals surface area contributed by atoms with Crippen molar-refractivity contribution in [1.29, 1.82) is 0 Å². The van der Waals surface area contributed by atoms with Crippen LogP contribution in [-0.4, -0.2) is 22.5 Å². The number of nitro groups is 1. The van der Waals surface area contributed by atoms with Gasteiger partial charge in [-0.15, -0.1) is 0 Å². The number of aliphatic carboxylic acids is 1. The molecule has 1 rings (SSSR count). The molecule has 1 aromatic carbocycles. The molecule has 0 amide bonds. The zero-order chi connectivity index (χ0) is 13.9. The van der Waals surface area contributed by atoms with Gasteiger partial charge in [0.2, 0.25) is 0 Å². The SMILES string of the molecule is Cc1ccc(NCC(C)(C)C(=O)O)cc1[N+](=O)[O-]. The molecule has 0 aliphatic carbocycles. The number of hydrogen-bond acceptors (Lipinski definition) is 4. The van der Waals surface area contributed by atoms with Gasteiger partial charge in [-0.25, -0.2) is 0 Å². The fraction of sp³-hybridized carbons (Fsp3) is 0.417. The molecular formula is C12H16N2O4. The zero-order valence-corrected chi connectivity index (χ0v) is 10.6. The number of nitro benzene ring substituents is 1. The number of nitrogens with zero attached hydrogens (tertiary/aromatic N) is 1. The second kappa shape index (κ2) is 5.03. The Hall–Kier alpha value is -2.11. The molecule has 0 spiro atoms.